The summed E-state index contributed by atoms with van der Waals surface area (Å²) < 4.78 is 1.33. The molecule has 0 amide bonds. The minimum absolute atomic E-state index is 0.508. The summed E-state index contributed by atoms with van der Waals surface area (Å²) in [5.41, 5.74) is 10.9. The maximum absolute atomic E-state index is 5.18. The van der Waals surface area contributed by atoms with Crippen LogP contribution >= 0.6 is 11.3 Å². The van der Waals surface area contributed by atoms with Gasteiger partial charge in [0.2, 0.25) is 0 Å². The van der Waals surface area contributed by atoms with Crippen LogP contribution < -0.4 is 0 Å². The van der Waals surface area contributed by atoms with Crippen LogP contribution in [0.15, 0.2) is 134 Å². The topological polar surface area (TPSA) is 38.7 Å². The van der Waals surface area contributed by atoms with Gasteiger partial charge in [0.1, 0.15) is 0 Å². The van der Waals surface area contributed by atoms with Crippen LogP contribution in [0.4, 0.5) is 0 Å². The van der Waals surface area contributed by atoms with Crippen molar-refractivity contribution in [2.75, 3.05) is 0 Å². The lowest BCUT2D eigenvalue weighted by molar-refractivity contribution is 0.783. The average molecular weight is 584 g/mol. The van der Waals surface area contributed by atoms with Crippen LogP contribution in [0.1, 0.15) is 29.7 Å². The predicted octanol–water partition coefficient (Wildman–Crippen LogP) is 10.9. The third-order valence-corrected chi connectivity index (χ3v) is 9.62. The molecule has 4 heteroatoms. The van der Waals surface area contributed by atoms with Crippen molar-refractivity contribution in [3.63, 3.8) is 0 Å². The molecule has 3 nitrogen and oxygen atoms in total. The van der Waals surface area contributed by atoms with Gasteiger partial charge in [-0.25, -0.2) is 9.97 Å². The van der Waals surface area contributed by atoms with Gasteiger partial charge in [0, 0.05) is 44.2 Å². The quantitative estimate of drug-likeness (QED) is 0.202. The number of pyridine rings is 1. The molecule has 44 heavy (non-hydrogen) atoms. The van der Waals surface area contributed by atoms with E-state index in [2.05, 4.69) is 121 Å². The lowest BCUT2D eigenvalue weighted by atomic mass is 9.90. The Morgan fingerprint density at radius 3 is 2.02 bits per heavy atom. The van der Waals surface area contributed by atoms with Crippen molar-refractivity contribution in [1.29, 1.82) is 0 Å². The molecule has 4 aromatic carbocycles. The van der Waals surface area contributed by atoms with E-state index >= 15 is 0 Å². The Morgan fingerprint density at radius 2 is 1.27 bits per heavy atom. The number of aromatic nitrogens is 3. The second-order valence-corrected chi connectivity index (χ2v) is 12.4. The number of allylic oxidation sites excluding steroid dienone is 1. The number of hydrogen-bond acceptors (Lipinski definition) is 4. The molecule has 7 aromatic rings. The minimum atomic E-state index is 0.508. The van der Waals surface area contributed by atoms with Crippen molar-refractivity contribution < 1.29 is 0 Å². The summed E-state index contributed by atoms with van der Waals surface area (Å²) in [7, 11) is 0. The summed E-state index contributed by atoms with van der Waals surface area (Å²) in [6.45, 7) is 2.33. The van der Waals surface area contributed by atoms with Crippen molar-refractivity contribution in [2.24, 2.45) is 0 Å². The SMILES string of the molecule is CC1CC=Cc2sc3ccc(-c4cnccc4-c4nc(-c5ccccc5)cc(-c5ccc(-c6ccccc6)cc5)n4)cc3c21. The molecule has 1 atom stereocenters. The van der Waals surface area contributed by atoms with E-state index < -0.39 is 0 Å². The van der Waals surface area contributed by atoms with E-state index in [1.54, 1.807) is 0 Å². The first-order valence-electron chi connectivity index (χ1n) is 15.0. The molecule has 0 saturated heterocycles. The van der Waals surface area contributed by atoms with E-state index in [0.717, 1.165) is 45.6 Å². The highest BCUT2D eigenvalue weighted by atomic mass is 32.1. The molecule has 0 saturated carbocycles. The molecule has 210 valence electrons. The molecular weight excluding hydrogens is 555 g/mol. The summed E-state index contributed by atoms with van der Waals surface area (Å²) in [6, 6.07) is 40.4. The Balaban J connectivity index is 1.27. The minimum Gasteiger partial charge on any atom is -0.264 e. The molecule has 0 N–H and O–H groups in total. The zero-order chi connectivity index (χ0) is 29.5. The van der Waals surface area contributed by atoms with Gasteiger partial charge in [0.25, 0.3) is 0 Å². The molecule has 3 aromatic heterocycles. The lowest BCUT2D eigenvalue weighted by Gasteiger charge is -2.15. The van der Waals surface area contributed by atoms with Crippen LogP contribution in [0.3, 0.4) is 0 Å². The second kappa shape index (κ2) is 11.1. The van der Waals surface area contributed by atoms with E-state index in [4.69, 9.17) is 9.97 Å². The van der Waals surface area contributed by atoms with Gasteiger partial charge in [-0.1, -0.05) is 104 Å². The Kier molecular flexibility index (Phi) is 6.69. The zero-order valence-electron chi connectivity index (χ0n) is 24.3. The fraction of sp³-hybridized carbons (Fsp3) is 0.0750. The standard InChI is InChI=1S/C40H29N3S/c1-26-9-8-14-38-39(26)33-23-31(19-20-37(33)44-38)34-25-41-22-21-32(34)40-42-35(29-12-6-3-7-13-29)24-36(43-40)30-17-15-28(16-18-30)27-10-4-2-5-11-27/h2-8,10-26H,9H2,1H3. The van der Waals surface area contributed by atoms with Crippen LogP contribution in [-0.4, -0.2) is 15.0 Å². The van der Waals surface area contributed by atoms with Crippen LogP contribution in [0, 0.1) is 0 Å². The highest BCUT2D eigenvalue weighted by molar-refractivity contribution is 7.20. The first-order chi connectivity index (χ1) is 21.7. The summed E-state index contributed by atoms with van der Waals surface area (Å²) >= 11 is 1.88. The molecular formula is C40H29N3S. The highest BCUT2D eigenvalue weighted by Gasteiger charge is 2.20. The number of rotatable bonds is 5. The van der Waals surface area contributed by atoms with Crippen molar-refractivity contribution in [2.45, 2.75) is 19.3 Å². The molecule has 0 fully saturated rings. The Labute approximate surface area is 261 Å². The summed E-state index contributed by atoms with van der Waals surface area (Å²) in [5.74, 6) is 1.20. The summed E-state index contributed by atoms with van der Waals surface area (Å²) in [5, 5.41) is 1.34. The van der Waals surface area contributed by atoms with E-state index in [1.807, 2.05) is 41.9 Å². The molecule has 8 rings (SSSR count). The first-order valence-corrected chi connectivity index (χ1v) is 15.8. The Bertz CT molecular complexity index is 2150. The number of thiophene rings is 1. The van der Waals surface area contributed by atoms with E-state index in [0.29, 0.717) is 11.7 Å². The molecule has 1 aliphatic carbocycles. The zero-order valence-corrected chi connectivity index (χ0v) is 25.1. The third-order valence-electron chi connectivity index (χ3n) is 8.46. The fourth-order valence-corrected chi connectivity index (χ4v) is 7.43. The monoisotopic (exact) mass is 583 g/mol. The van der Waals surface area contributed by atoms with Crippen molar-refractivity contribution in [3.8, 4) is 56.2 Å². The number of hydrogen-bond donors (Lipinski definition) is 0. The third kappa shape index (κ3) is 4.83. The molecule has 0 bridgehead atoms. The van der Waals surface area contributed by atoms with Crippen LogP contribution in [-0.2, 0) is 0 Å². The van der Waals surface area contributed by atoms with Crippen molar-refractivity contribution in [1.82, 2.24) is 15.0 Å². The van der Waals surface area contributed by atoms with Gasteiger partial charge in [0.05, 0.1) is 11.4 Å². The van der Waals surface area contributed by atoms with Crippen LogP contribution in [0.2, 0.25) is 0 Å². The van der Waals surface area contributed by atoms with Gasteiger partial charge in [-0.3, -0.25) is 4.98 Å². The Hall–Kier alpha value is -5.19. The van der Waals surface area contributed by atoms with Crippen LogP contribution in [0.25, 0.3) is 72.3 Å². The predicted molar refractivity (Wildman–Crippen MR) is 184 cm³/mol. The summed E-state index contributed by atoms with van der Waals surface area (Å²) in [6.07, 6.45) is 9.45. The molecule has 3 heterocycles. The van der Waals surface area contributed by atoms with Gasteiger partial charge in [-0.15, -0.1) is 11.3 Å². The number of benzene rings is 4. The van der Waals surface area contributed by atoms with E-state index in [9.17, 15) is 0 Å². The normalized spacial score (nSPS) is 14.1. The lowest BCUT2D eigenvalue weighted by Crippen LogP contribution is -1.98. The molecule has 1 unspecified atom stereocenters. The maximum Gasteiger partial charge on any atom is 0.161 e. The Morgan fingerprint density at radius 1 is 0.636 bits per heavy atom. The maximum atomic E-state index is 5.18. The highest BCUT2D eigenvalue weighted by Crippen LogP contribution is 2.43. The molecule has 0 radical (unpaired) electrons. The number of fused-ring (bicyclic) bond motifs is 3. The largest absolute Gasteiger partial charge is 0.264 e. The molecule has 1 aliphatic rings. The summed E-state index contributed by atoms with van der Waals surface area (Å²) in [4.78, 5) is 16.2. The van der Waals surface area contributed by atoms with Gasteiger partial charge < -0.3 is 0 Å². The van der Waals surface area contributed by atoms with Gasteiger partial charge >= 0.3 is 0 Å². The van der Waals surface area contributed by atoms with E-state index in [1.165, 1.54) is 31.7 Å². The average Bonchev–Trinajstić information content (AvgIpc) is 3.48. The van der Waals surface area contributed by atoms with Crippen LogP contribution in [0.5, 0.6) is 0 Å². The molecule has 0 spiro atoms. The fourth-order valence-electron chi connectivity index (χ4n) is 6.19. The smallest absolute Gasteiger partial charge is 0.161 e. The van der Waals surface area contributed by atoms with Gasteiger partial charge in [-0.05, 0) is 70.3 Å². The van der Waals surface area contributed by atoms with Gasteiger partial charge in [-0.2, -0.15) is 0 Å². The molecule has 0 aliphatic heterocycles. The second-order valence-electron chi connectivity index (χ2n) is 11.3. The first kappa shape index (κ1) is 26.4. The van der Waals surface area contributed by atoms with Gasteiger partial charge in [0.15, 0.2) is 5.82 Å². The van der Waals surface area contributed by atoms with E-state index in [-0.39, 0.29) is 0 Å². The number of nitrogens with zero attached hydrogens (tertiary/aromatic N) is 3. The van der Waals surface area contributed by atoms with Crippen molar-refractivity contribution >= 4 is 27.5 Å². The van der Waals surface area contributed by atoms with Crippen molar-refractivity contribution in [3.05, 3.63) is 144 Å².